The third kappa shape index (κ3) is 2.92. The van der Waals surface area contributed by atoms with E-state index in [1.165, 1.54) is 5.56 Å². The molecular weight excluding hydrogens is 336 g/mol. The van der Waals surface area contributed by atoms with E-state index in [1.807, 2.05) is 28.8 Å². The molecule has 4 aromatic rings. The molecule has 0 saturated carbocycles. The number of hydrogen-bond donors (Lipinski definition) is 1. The summed E-state index contributed by atoms with van der Waals surface area (Å²) in [6, 6.07) is 11.8. The Kier molecular flexibility index (Phi) is 3.82. The summed E-state index contributed by atoms with van der Waals surface area (Å²) < 4.78 is 1.92. The van der Waals surface area contributed by atoms with E-state index < -0.39 is 0 Å². The van der Waals surface area contributed by atoms with Gasteiger partial charge in [0.1, 0.15) is 12.1 Å². The van der Waals surface area contributed by atoms with E-state index in [2.05, 4.69) is 51.2 Å². The molecule has 1 aromatic carbocycles. The first-order chi connectivity index (χ1) is 12.1. The van der Waals surface area contributed by atoms with Gasteiger partial charge in [-0.1, -0.05) is 23.8 Å². The number of hydrogen-bond acceptors (Lipinski definition) is 5. The maximum absolute atomic E-state index is 6.15. The van der Waals surface area contributed by atoms with Crippen LogP contribution in [0.4, 0.5) is 11.6 Å². The standard InChI is InChI=1S/C18H15ClN6/c1-11-6-7-13(12(2)9-11)25-10-21-15-16(23-18(19)24-17(15)25)22-14-5-3-4-8-20-14/h3-10H,1-2H3,(H,20,22,23,24). The number of nitrogens with zero attached hydrogens (tertiary/aromatic N) is 5. The second-order valence-corrected chi connectivity index (χ2v) is 6.10. The average Bonchev–Trinajstić information content (AvgIpc) is 2.99. The van der Waals surface area contributed by atoms with E-state index in [9.17, 15) is 0 Å². The molecule has 0 aliphatic rings. The van der Waals surface area contributed by atoms with Gasteiger partial charge >= 0.3 is 0 Å². The van der Waals surface area contributed by atoms with Crippen LogP contribution in [0, 0.1) is 13.8 Å². The van der Waals surface area contributed by atoms with Crippen molar-refractivity contribution in [3.8, 4) is 5.69 Å². The van der Waals surface area contributed by atoms with Gasteiger partial charge in [-0.3, -0.25) is 4.57 Å². The molecule has 0 fully saturated rings. The number of aromatic nitrogens is 5. The van der Waals surface area contributed by atoms with Crippen molar-refractivity contribution in [1.82, 2.24) is 24.5 Å². The highest BCUT2D eigenvalue weighted by molar-refractivity contribution is 6.28. The molecule has 0 amide bonds. The summed E-state index contributed by atoms with van der Waals surface area (Å²) in [6.45, 7) is 4.13. The minimum Gasteiger partial charge on any atom is -0.323 e. The molecule has 4 rings (SSSR count). The molecule has 0 bridgehead atoms. The van der Waals surface area contributed by atoms with Crippen molar-refractivity contribution >= 4 is 34.4 Å². The summed E-state index contributed by atoms with van der Waals surface area (Å²) in [4.78, 5) is 17.4. The van der Waals surface area contributed by atoms with Gasteiger partial charge in [-0.2, -0.15) is 9.97 Å². The largest absolute Gasteiger partial charge is 0.323 e. The molecule has 1 N–H and O–H groups in total. The van der Waals surface area contributed by atoms with Crippen LogP contribution in [0.1, 0.15) is 11.1 Å². The normalized spacial score (nSPS) is 11.0. The summed E-state index contributed by atoms with van der Waals surface area (Å²) >= 11 is 6.15. The van der Waals surface area contributed by atoms with E-state index in [0.29, 0.717) is 22.8 Å². The van der Waals surface area contributed by atoms with Crippen molar-refractivity contribution in [3.05, 3.63) is 65.3 Å². The first-order valence-electron chi connectivity index (χ1n) is 7.78. The van der Waals surface area contributed by atoms with Crippen molar-refractivity contribution in [2.24, 2.45) is 0 Å². The summed E-state index contributed by atoms with van der Waals surface area (Å²) in [5.74, 6) is 1.19. The lowest BCUT2D eigenvalue weighted by Crippen LogP contribution is -2.01. The van der Waals surface area contributed by atoms with Gasteiger partial charge in [0, 0.05) is 6.20 Å². The highest BCUT2D eigenvalue weighted by Gasteiger charge is 2.15. The second kappa shape index (κ2) is 6.14. The number of imidazole rings is 1. The summed E-state index contributed by atoms with van der Waals surface area (Å²) in [5, 5.41) is 3.30. The van der Waals surface area contributed by atoms with Gasteiger partial charge in [0.15, 0.2) is 17.0 Å². The number of anilines is 2. The van der Waals surface area contributed by atoms with Crippen LogP contribution in [0.25, 0.3) is 16.9 Å². The van der Waals surface area contributed by atoms with E-state index >= 15 is 0 Å². The molecule has 7 heteroatoms. The van der Waals surface area contributed by atoms with Gasteiger partial charge < -0.3 is 5.32 Å². The quantitative estimate of drug-likeness (QED) is 0.560. The highest BCUT2D eigenvalue weighted by atomic mass is 35.5. The molecule has 6 nitrogen and oxygen atoms in total. The molecule has 3 heterocycles. The first-order valence-corrected chi connectivity index (χ1v) is 8.16. The maximum Gasteiger partial charge on any atom is 0.226 e. The Balaban J connectivity index is 1.86. The van der Waals surface area contributed by atoms with Gasteiger partial charge in [0.05, 0.1) is 5.69 Å². The van der Waals surface area contributed by atoms with Crippen molar-refractivity contribution < 1.29 is 0 Å². The molecule has 0 saturated heterocycles. The number of rotatable bonds is 3. The van der Waals surface area contributed by atoms with E-state index in [4.69, 9.17) is 11.6 Å². The van der Waals surface area contributed by atoms with Crippen molar-refractivity contribution in [2.45, 2.75) is 13.8 Å². The van der Waals surface area contributed by atoms with Gasteiger partial charge in [-0.05, 0) is 49.2 Å². The van der Waals surface area contributed by atoms with Gasteiger partial charge in [-0.25, -0.2) is 9.97 Å². The Morgan fingerprint density at radius 2 is 1.92 bits per heavy atom. The fourth-order valence-electron chi connectivity index (χ4n) is 2.77. The van der Waals surface area contributed by atoms with E-state index in [1.54, 1.807) is 12.5 Å². The summed E-state index contributed by atoms with van der Waals surface area (Å²) in [6.07, 6.45) is 3.44. The Hall–Kier alpha value is -2.99. The van der Waals surface area contributed by atoms with E-state index in [-0.39, 0.29) is 5.28 Å². The Bertz CT molecular complexity index is 1060. The lowest BCUT2D eigenvalue weighted by atomic mass is 10.1. The molecule has 0 atom stereocenters. The van der Waals surface area contributed by atoms with Crippen LogP contribution < -0.4 is 5.32 Å². The molecule has 0 aliphatic carbocycles. The molecule has 0 spiro atoms. The van der Waals surface area contributed by atoms with Crippen LogP contribution in [-0.2, 0) is 0 Å². The van der Waals surface area contributed by atoms with Crippen LogP contribution in [0.15, 0.2) is 48.9 Å². The molecule has 0 aliphatic heterocycles. The van der Waals surface area contributed by atoms with Crippen LogP contribution in [-0.4, -0.2) is 24.5 Å². The number of nitrogens with one attached hydrogen (secondary N) is 1. The zero-order valence-electron chi connectivity index (χ0n) is 13.7. The highest BCUT2D eigenvalue weighted by Crippen LogP contribution is 2.26. The number of aryl methyl sites for hydroxylation is 2. The third-order valence-electron chi connectivity index (χ3n) is 3.89. The predicted molar refractivity (Wildman–Crippen MR) is 98.7 cm³/mol. The van der Waals surface area contributed by atoms with Gasteiger partial charge in [-0.15, -0.1) is 0 Å². The zero-order chi connectivity index (χ0) is 17.4. The number of pyridine rings is 1. The number of benzene rings is 1. The topological polar surface area (TPSA) is 68.5 Å². The minimum absolute atomic E-state index is 0.150. The second-order valence-electron chi connectivity index (χ2n) is 5.76. The third-order valence-corrected chi connectivity index (χ3v) is 4.06. The van der Waals surface area contributed by atoms with E-state index in [0.717, 1.165) is 11.3 Å². The number of halogens is 1. The van der Waals surface area contributed by atoms with Crippen LogP contribution >= 0.6 is 11.6 Å². The molecule has 0 unspecified atom stereocenters. The Morgan fingerprint density at radius 3 is 2.68 bits per heavy atom. The number of fused-ring (bicyclic) bond motifs is 1. The van der Waals surface area contributed by atoms with Crippen LogP contribution in [0.3, 0.4) is 0 Å². The van der Waals surface area contributed by atoms with Crippen LogP contribution in [0.2, 0.25) is 5.28 Å². The summed E-state index contributed by atoms with van der Waals surface area (Å²) in [5.41, 5.74) is 4.62. The molecule has 3 aromatic heterocycles. The lowest BCUT2D eigenvalue weighted by molar-refractivity contribution is 1.04. The summed E-state index contributed by atoms with van der Waals surface area (Å²) in [7, 11) is 0. The molecule has 124 valence electrons. The average molecular weight is 351 g/mol. The Labute approximate surface area is 149 Å². The first kappa shape index (κ1) is 15.5. The fourth-order valence-corrected chi connectivity index (χ4v) is 2.94. The van der Waals surface area contributed by atoms with Crippen LogP contribution in [0.5, 0.6) is 0 Å². The van der Waals surface area contributed by atoms with Crippen molar-refractivity contribution in [2.75, 3.05) is 5.32 Å². The lowest BCUT2D eigenvalue weighted by Gasteiger charge is -2.09. The minimum atomic E-state index is 0.150. The zero-order valence-corrected chi connectivity index (χ0v) is 14.5. The SMILES string of the molecule is Cc1ccc(-n2cnc3c(Nc4ccccn4)nc(Cl)nc32)c(C)c1. The monoisotopic (exact) mass is 350 g/mol. The maximum atomic E-state index is 6.15. The predicted octanol–water partition coefficient (Wildman–Crippen LogP) is 4.22. The Morgan fingerprint density at radius 1 is 1.04 bits per heavy atom. The fraction of sp³-hybridized carbons (Fsp3) is 0.111. The van der Waals surface area contributed by atoms with Gasteiger partial charge in [0.2, 0.25) is 5.28 Å². The van der Waals surface area contributed by atoms with Crippen molar-refractivity contribution in [3.63, 3.8) is 0 Å². The molecule has 25 heavy (non-hydrogen) atoms. The smallest absolute Gasteiger partial charge is 0.226 e. The van der Waals surface area contributed by atoms with Gasteiger partial charge in [0.25, 0.3) is 0 Å². The molecule has 0 radical (unpaired) electrons. The van der Waals surface area contributed by atoms with Crippen molar-refractivity contribution in [1.29, 1.82) is 0 Å². The molecular formula is C18H15ClN6.